The topological polar surface area (TPSA) is 87.6 Å². The van der Waals surface area contributed by atoms with Crippen molar-refractivity contribution in [2.75, 3.05) is 19.8 Å². The van der Waals surface area contributed by atoms with E-state index < -0.39 is 12.8 Å². The SMILES string of the molecule is CC(c1cnc(OCC(F)(F)F)c(Cl)c1)N1Cc2ccnc(C(=O)NCCO)c2C1. The fraction of sp³-hybridized carbons (Fsp3) is 0.421. The highest BCUT2D eigenvalue weighted by atomic mass is 35.5. The van der Waals surface area contributed by atoms with Gasteiger partial charge in [0.25, 0.3) is 5.91 Å². The van der Waals surface area contributed by atoms with Crippen molar-refractivity contribution in [3.63, 3.8) is 0 Å². The van der Waals surface area contributed by atoms with Gasteiger partial charge in [-0.3, -0.25) is 14.7 Å². The Kier molecular flexibility index (Phi) is 6.79. The zero-order chi connectivity index (χ0) is 21.9. The van der Waals surface area contributed by atoms with E-state index in [2.05, 4.69) is 24.9 Å². The van der Waals surface area contributed by atoms with E-state index in [4.69, 9.17) is 16.7 Å². The Hall–Kier alpha value is -2.43. The highest BCUT2D eigenvalue weighted by Crippen LogP contribution is 2.34. The molecule has 0 aliphatic carbocycles. The number of fused-ring (bicyclic) bond motifs is 1. The number of halogens is 4. The first-order chi connectivity index (χ1) is 14.2. The minimum Gasteiger partial charge on any atom is -0.467 e. The van der Waals surface area contributed by atoms with E-state index in [1.54, 1.807) is 6.20 Å². The second-order valence-corrected chi connectivity index (χ2v) is 7.22. The van der Waals surface area contributed by atoms with Gasteiger partial charge in [0.15, 0.2) is 6.61 Å². The van der Waals surface area contributed by atoms with Crippen molar-refractivity contribution in [2.45, 2.75) is 32.2 Å². The Bertz CT molecular complexity index is 926. The molecular formula is C19H20ClF3N4O3. The maximum Gasteiger partial charge on any atom is 0.422 e. The average Bonchev–Trinajstić information content (AvgIpc) is 3.14. The molecule has 0 bridgehead atoms. The zero-order valence-electron chi connectivity index (χ0n) is 16.0. The Balaban J connectivity index is 1.73. The molecule has 0 radical (unpaired) electrons. The van der Waals surface area contributed by atoms with Crippen LogP contribution in [0.3, 0.4) is 0 Å². The molecule has 0 fully saturated rings. The van der Waals surface area contributed by atoms with E-state index in [1.165, 1.54) is 12.3 Å². The predicted molar refractivity (Wildman–Crippen MR) is 102 cm³/mol. The second kappa shape index (κ2) is 9.15. The highest BCUT2D eigenvalue weighted by Gasteiger charge is 2.30. The third-order valence-corrected chi connectivity index (χ3v) is 5.00. The van der Waals surface area contributed by atoms with Crippen molar-refractivity contribution in [3.05, 3.63) is 51.9 Å². The number of rotatable bonds is 7. The number of aromatic nitrogens is 2. The molecule has 162 valence electrons. The van der Waals surface area contributed by atoms with Gasteiger partial charge in [0.05, 0.1) is 6.61 Å². The van der Waals surface area contributed by atoms with Crippen molar-refractivity contribution in [1.29, 1.82) is 0 Å². The molecule has 2 aromatic rings. The smallest absolute Gasteiger partial charge is 0.422 e. The summed E-state index contributed by atoms with van der Waals surface area (Å²) in [5, 5.41) is 11.5. The molecule has 7 nitrogen and oxygen atoms in total. The van der Waals surface area contributed by atoms with E-state index in [-0.39, 0.29) is 36.0 Å². The summed E-state index contributed by atoms with van der Waals surface area (Å²) in [6.07, 6.45) is -1.49. The number of aliphatic hydroxyl groups is 1. The van der Waals surface area contributed by atoms with Crippen LogP contribution < -0.4 is 10.1 Å². The van der Waals surface area contributed by atoms with Crippen LogP contribution in [0.2, 0.25) is 5.02 Å². The summed E-state index contributed by atoms with van der Waals surface area (Å²) in [5.74, 6) is -0.632. The number of carbonyl (C=O) groups excluding carboxylic acids is 1. The van der Waals surface area contributed by atoms with Gasteiger partial charge in [-0.15, -0.1) is 0 Å². The lowest BCUT2D eigenvalue weighted by Gasteiger charge is -2.24. The number of pyridine rings is 2. The van der Waals surface area contributed by atoms with Gasteiger partial charge in [0, 0.05) is 43.6 Å². The zero-order valence-corrected chi connectivity index (χ0v) is 16.8. The van der Waals surface area contributed by atoms with Crippen LogP contribution in [0.25, 0.3) is 0 Å². The molecule has 0 spiro atoms. The molecule has 1 aliphatic rings. The summed E-state index contributed by atoms with van der Waals surface area (Å²) in [5.41, 5.74) is 2.76. The third-order valence-electron chi connectivity index (χ3n) is 4.73. The molecule has 0 aromatic carbocycles. The lowest BCUT2D eigenvalue weighted by Crippen LogP contribution is -2.28. The first-order valence-electron chi connectivity index (χ1n) is 9.14. The summed E-state index contributed by atoms with van der Waals surface area (Å²) < 4.78 is 41.6. The minimum atomic E-state index is -4.48. The fourth-order valence-corrected chi connectivity index (χ4v) is 3.42. The first-order valence-corrected chi connectivity index (χ1v) is 9.52. The van der Waals surface area contributed by atoms with Gasteiger partial charge in [-0.05, 0) is 30.2 Å². The van der Waals surface area contributed by atoms with Crippen molar-refractivity contribution in [1.82, 2.24) is 20.2 Å². The van der Waals surface area contributed by atoms with Crippen LogP contribution in [0.4, 0.5) is 13.2 Å². The lowest BCUT2D eigenvalue weighted by atomic mass is 10.1. The number of ether oxygens (including phenoxy) is 1. The molecule has 2 aromatic heterocycles. The maximum absolute atomic E-state index is 12.3. The molecule has 1 amide bonds. The number of hydrogen-bond acceptors (Lipinski definition) is 6. The van der Waals surface area contributed by atoms with Gasteiger partial charge >= 0.3 is 6.18 Å². The van der Waals surface area contributed by atoms with Crippen LogP contribution in [-0.4, -0.2) is 51.8 Å². The molecule has 30 heavy (non-hydrogen) atoms. The second-order valence-electron chi connectivity index (χ2n) is 6.82. The van der Waals surface area contributed by atoms with Gasteiger partial charge in [-0.25, -0.2) is 4.98 Å². The molecule has 1 unspecified atom stereocenters. The van der Waals surface area contributed by atoms with E-state index in [9.17, 15) is 18.0 Å². The largest absolute Gasteiger partial charge is 0.467 e. The normalized spacial score (nSPS) is 15.0. The van der Waals surface area contributed by atoms with Gasteiger partial charge in [-0.2, -0.15) is 13.2 Å². The van der Waals surface area contributed by atoms with Crippen molar-refractivity contribution < 1.29 is 27.8 Å². The van der Waals surface area contributed by atoms with Crippen LogP contribution in [0.5, 0.6) is 5.88 Å². The molecule has 3 rings (SSSR count). The molecule has 3 heterocycles. The average molecular weight is 445 g/mol. The van der Waals surface area contributed by atoms with Crippen LogP contribution in [0.1, 0.15) is 40.1 Å². The molecule has 11 heteroatoms. The Morgan fingerprint density at radius 2 is 2.17 bits per heavy atom. The molecule has 2 N–H and O–H groups in total. The Labute approximate surface area is 175 Å². The molecular weight excluding hydrogens is 425 g/mol. The number of nitrogens with zero attached hydrogens (tertiary/aromatic N) is 3. The van der Waals surface area contributed by atoms with Crippen LogP contribution in [-0.2, 0) is 13.1 Å². The molecule has 0 saturated heterocycles. The van der Waals surface area contributed by atoms with Crippen molar-refractivity contribution in [3.8, 4) is 5.88 Å². The molecule has 1 atom stereocenters. The van der Waals surface area contributed by atoms with Crippen molar-refractivity contribution >= 4 is 17.5 Å². The van der Waals surface area contributed by atoms with E-state index in [0.717, 1.165) is 11.1 Å². The monoisotopic (exact) mass is 444 g/mol. The summed E-state index contributed by atoms with van der Waals surface area (Å²) in [4.78, 5) is 22.5. The van der Waals surface area contributed by atoms with Crippen LogP contribution in [0, 0.1) is 0 Å². The van der Waals surface area contributed by atoms with Gasteiger partial charge in [0.2, 0.25) is 5.88 Å². The minimum absolute atomic E-state index is 0.00829. The summed E-state index contributed by atoms with van der Waals surface area (Å²) in [7, 11) is 0. The van der Waals surface area contributed by atoms with Crippen molar-refractivity contribution in [2.24, 2.45) is 0 Å². The standard InChI is InChI=1S/C19H20ClF3N4O3/c1-11(13-6-15(20)18(26-7-13)30-10-19(21,22)23)27-8-12-2-3-24-16(14(12)9-27)17(29)25-4-5-28/h2-3,6-7,11,28H,4-5,8-10H2,1H3,(H,25,29). The quantitative estimate of drug-likeness (QED) is 0.683. The predicted octanol–water partition coefficient (Wildman–Crippen LogP) is 2.87. The number of alkyl halides is 3. The van der Waals surface area contributed by atoms with E-state index >= 15 is 0 Å². The maximum atomic E-state index is 12.3. The summed E-state index contributed by atoms with van der Waals surface area (Å²) in [6, 6.07) is 3.19. The Morgan fingerprint density at radius 3 is 2.83 bits per heavy atom. The van der Waals surface area contributed by atoms with Gasteiger partial charge in [0.1, 0.15) is 10.7 Å². The first kappa shape index (κ1) is 22.3. The number of amides is 1. The highest BCUT2D eigenvalue weighted by molar-refractivity contribution is 6.31. The summed E-state index contributed by atoms with van der Waals surface area (Å²) in [6.45, 7) is 1.43. The van der Waals surface area contributed by atoms with Crippen LogP contribution >= 0.6 is 11.6 Å². The van der Waals surface area contributed by atoms with Gasteiger partial charge < -0.3 is 15.2 Å². The fourth-order valence-electron chi connectivity index (χ4n) is 3.19. The van der Waals surface area contributed by atoms with E-state index in [1.807, 2.05) is 13.0 Å². The molecule has 0 saturated carbocycles. The number of hydrogen-bond donors (Lipinski definition) is 2. The van der Waals surface area contributed by atoms with Gasteiger partial charge in [-0.1, -0.05) is 11.6 Å². The lowest BCUT2D eigenvalue weighted by molar-refractivity contribution is -0.154. The summed E-state index contributed by atoms with van der Waals surface area (Å²) >= 11 is 6.06. The number of aliphatic hydroxyl groups excluding tert-OH is 1. The Morgan fingerprint density at radius 1 is 1.40 bits per heavy atom. The number of carbonyl (C=O) groups is 1. The number of nitrogens with one attached hydrogen (secondary N) is 1. The third kappa shape index (κ3) is 5.18. The van der Waals surface area contributed by atoms with Crippen LogP contribution in [0.15, 0.2) is 24.5 Å². The molecule has 1 aliphatic heterocycles. The van der Waals surface area contributed by atoms with E-state index in [0.29, 0.717) is 24.3 Å².